The number of aromatic amines is 1. The Morgan fingerprint density at radius 2 is 1.83 bits per heavy atom. The summed E-state index contributed by atoms with van der Waals surface area (Å²) in [5, 5.41) is 9.82. The van der Waals surface area contributed by atoms with Crippen LogP contribution >= 0.6 is 0 Å². The Bertz CT molecular complexity index is 1090. The van der Waals surface area contributed by atoms with Gasteiger partial charge in [0.1, 0.15) is 5.69 Å². The van der Waals surface area contributed by atoms with Gasteiger partial charge in [-0.2, -0.15) is 18.3 Å². The van der Waals surface area contributed by atoms with Crippen molar-refractivity contribution in [1.82, 2.24) is 19.3 Å². The van der Waals surface area contributed by atoms with Gasteiger partial charge in [0.15, 0.2) is 0 Å². The Kier molecular flexibility index (Phi) is 12.3. The first kappa shape index (κ1) is 30.0. The van der Waals surface area contributed by atoms with E-state index in [0.717, 1.165) is 17.7 Å². The third kappa shape index (κ3) is 8.29. The lowest BCUT2D eigenvalue weighted by Gasteiger charge is -2.18. The second-order valence-electron chi connectivity index (χ2n) is 7.77. The molecule has 0 fully saturated rings. The fourth-order valence-corrected chi connectivity index (χ4v) is 3.68. The van der Waals surface area contributed by atoms with Gasteiger partial charge in [-0.15, -0.1) is 0 Å². The molecule has 2 N–H and O–H groups in total. The van der Waals surface area contributed by atoms with Gasteiger partial charge >= 0.3 is 11.9 Å². The molecule has 0 radical (unpaired) electrons. The minimum absolute atomic E-state index is 0.126. The Labute approximate surface area is 204 Å². The summed E-state index contributed by atoms with van der Waals surface area (Å²) in [4.78, 5) is 25.1. The molecule has 7 nitrogen and oxygen atoms in total. The molecule has 2 aromatic rings. The minimum Gasteiger partial charge on any atom is -0.375 e. The summed E-state index contributed by atoms with van der Waals surface area (Å²) in [5.41, 5.74) is 2.07. The van der Waals surface area contributed by atoms with Crippen molar-refractivity contribution in [2.75, 3.05) is 5.32 Å². The zero-order valence-electron chi connectivity index (χ0n) is 21.6. The van der Waals surface area contributed by atoms with Crippen molar-refractivity contribution in [3.63, 3.8) is 0 Å². The lowest BCUT2D eigenvalue weighted by Crippen LogP contribution is -2.42. The fraction of sp³-hybridized carbons (Fsp3) is 0.560. The molecule has 0 bridgehead atoms. The molecule has 35 heavy (non-hydrogen) atoms. The molecule has 0 atom stereocenters. The maximum Gasteiger partial charge on any atom is 0.412 e. The number of nitrogens with zero attached hydrogens (tertiary/aromatic N) is 3. The molecule has 0 saturated heterocycles. The monoisotopic (exact) mass is 497 g/mol. The van der Waals surface area contributed by atoms with Crippen LogP contribution in [0.1, 0.15) is 72.1 Å². The third-order valence-electron chi connectivity index (χ3n) is 5.30. The predicted octanol–water partition coefficient (Wildman–Crippen LogP) is 5.58. The second-order valence-corrected chi connectivity index (χ2v) is 7.77. The molecular formula is C25H38F3N5O2. The van der Waals surface area contributed by atoms with Crippen LogP contribution in [0.25, 0.3) is 0 Å². The molecule has 3 rings (SSSR count). The molecule has 1 aliphatic rings. The Morgan fingerprint density at radius 1 is 1.14 bits per heavy atom. The number of hydrogen-bond donors (Lipinski definition) is 2. The summed E-state index contributed by atoms with van der Waals surface area (Å²) >= 11 is 0. The average Bonchev–Trinajstić information content (AvgIpc) is 3.36. The molecule has 1 aliphatic carbocycles. The number of aromatic nitrogens is 4. The van der Waals surface area contributed by atoms with E-state index in [1.54, 1.807) is 23.9 Å². The van der Waals surface area contributed by atoms with Gasteiger partial charge in [0, 0.05) is 37.0 Å². The van der Waals surface area contributed by atoms with Gasteiger partial charge in [-0.3, -0.25) is 19.0 Å². The molecular weight excluding hydrogens is 459 g/mol. The summed E-state index contributed by atoms with van der Waals surface area (Å²) in [5.74, 6) is 0. The zero-order valence-corrected chi connectivity index (χ0v) is 21.6. The molecule has 196 valence electrons. The van der Waals surface area contributed by atoms with Crippen LogP contribution in [0.15, 0.2) is 45.3 Å². The summed E-state index contributed by atoms with van der Waals surface area (Å²) in [6, 6.07) is 0. The van der Waals surface area contributed by atoms with Crippen LogP contribution in [0.4, 0.5) is 18.9 Å². The summed E-state index contributed by atoms with van der Waals surface area (Å²) in [7, 11) is 0. The molecule has 0 saturated carbocycles. The number of rotatable bonds is 7. The number of allylic oxidation sites excluding steroid dienone is 4. The fourth-order valence-electron chi connectivity index (χ4n) is 3.68. The van der Waals surface area contributed by atoms with Crippen molar-refractivity contribution in [2.45, 2.75) is 93.0 Å². The van der Waals surface area contributed by atoms with Crippen LogP contribution < -0.4 is 16.6 Å². The van der Waals surface area contributed by atoms with Crippen LogP contribution in [0.5, 0.6) is 0 Å². The Hall–Kier alpha value is -3.04. The SMILES string of the molecule is CC.CC1=CCCC(C(F)(F)F)=C1.CCCn1c(=O)c(NCc2cn[nH]c2)c(CC)n(CC)c1=O. The van der Waals surface area contributed by atoms with E-state index in [9.17, 15) is 22.8 Å². The highest BCUT2D eigenvalue weighted by Crippen LogP contribution is 2.32. The van der Waals surface area contributed by atoms with Crippen molar-refractivity contribution in [1.29, 1.82) is 0 Å². The van der Waals surface area contributed by atoms with Crippen molar-refractivity contribution in [2.24, 2.45) is 0 Å². The topological polar surface area (TPSA) is 84.7 Å². The number of alkyl halides is 3. The van der Waals surface area contributed by atoms with Gasteiger partial charge in [-0.25, -0.2) is 4.79 Å². The molecule has 2 heterocycles. The number of anilines is 1. The van der Waals surface area contributed by atoms with Gasteiger partial charge in [0.25, 0.3) is 5.56 Å². The maximum absolute atomic E-state index is 12.7. The van der Waals surface area contributed by atoms with Gasteiger partial charge < -0.3 is 5.32 Å². The Balaban J connectivity index is 0.000000395. The van der Waals surface area contributed by atoms with Gasteiger partial charge in [0.2, 0.25) is 0 Å². The lowest BCUT2D eigenvalue weighted by molar-refractivity contribution is -0.0941. The zero-order chi connectivity index (χ0) is 26.6. The first-order chi connectivity index (χ1) is 16.6. The highest BCUT2D eigenvalue weighted by molar-refractivity contribution is 5.47. The van der Waals surface area contributed by atoms with Gasteiger partial charge in [-0.05, 0) is 39.5 Å². The van der Waals surface area contributed by atoms with Crippen LogP contribution in [0, 0.1) is 0 Å². The number of hydrogen-bond acceptors (Lipinski definition) is 4. The van der Waals surface area contributed by atoms with E-state index in [1.165, 1.54) is 10.6 Å². The molecule has 2 aromatic heterocycles. The van der Waals surface area contributed by atoms with Gasteiger partial charge in [-0.1, -0.05) is 45.4 Å². The largest absolute Gasteiger partial charge is 0.412 e. The van der Waals surface area contributed by atoms with Crippen LogP contribution in [-0.4, -0.2) is 25.5 Å². The third-order valence-corrected chi connectivity index (χ3v) is 5.30. The molecule has 10 heteroatoms. The van der Waals surface area contributed by atoms with Crippen molar-refractivity contribution in [3.8, 4) is 0 Å². The van der Waals surface area contributed by atoms with E-state index in [2.05, 4.69) is 15.5 Å². The first-order valence-corrected chi connectivity index (χ1v) is 12.2. The molecule has 0 aromatic carbocycles. The van der Waals surface area contributed by atoms with E-state index < -0.39 is 11.7 Å². The van der Waals surface area contributed by atoms with Crippen molar-refractivity contribution in [3.05, 3.63) is 67.8 Å². The molecule has 0 aliphatic heterocycles. The van der Waals surface area contributed by atoms with Crippen molar-refractivity contribution < 1.29 is 13.2 Å². The number of halogens is 3. The summed E-state index contributed by atoms with van der Waals surface area (Å²) in [6.45, 7) is 13.0. The second kappa shape index (κ2) is 14.4. The Morgan fingerprint density at radius 3 is 2.29 bits per heavy atom. The van der Waals surface area contributed by atoms with Gasteiger partial charge in [0.05, 0.1) is 11.9 Å². The summed E-state index contributed by atoms with van der Waals surface area (Å²) < 4.78 is 39.1. The number of H-pyrrole nitrogens is 1. The standard InChI is InChI=1S/C15H23N5O2.C8H9F3.C2H6/c1-4-7-20-14(21)13(16-8-11-9-17-18-10-11)12(5-2)19(6-3)15(20)22;1-6-3-2-4-7(5-6)8(9,10)11;1-2/h9-10,16H,4-8H2,1-3H3,(H,17,18);3,5H,2,4H2,1H3;1-2H3. The van der Waals surface area contributed by atoms with E-state index in [0.29, 0.717) is 43.7 Å². The quantitative estimate of drug-likeness (QED) is 0.523. The van der Waals surface area contributed by atoms with Crippen LogP contribution in [0.3, 0.4) is 0 Å². The van der Waals surface area contributed by atoms with Crippen LogP contribution in [0.2, 0.25) is 0 Å². The lowest BCUT2D eigenvalue weighted by atomic mass is 10.0. The van der Waals surface area contributed by atoms with E-state index >= 15 is 0 Å². The maximum atomic E-state index is 12.7. The van der Waals surface area contributed by atoms with E-state index in [-0.39, 0.29) is 17.7 Å². The highest BCUT2D eigenvalue weighted by Gasteiger charge is 2.33. The molecule has 0 amide bonds. The molecule has 0 spiro atoms. The minimum atomic E-state index is -4.13. The first-order valence-electron chi connectivity index (χ1n) is 12.2. The normalized spacial score (nSPS) is 13.1. The highest BCUT2D eigenvalue weighted by atomic mass is 19.4. The van der Waals surface area contributed by atoms with E-state index in [1.807, 2.05) is 40.7 Å². The predicted molar refractivity (Wildman–Crippen MR) is 135 cm³/mol. The van der Waals surface area contributed by atoms with E-state index in [4.69, 9.17) is 0 Å². The smallest absolute Gasteiger partial charge is 0.375 e. The van der Waals surface area contributed by atoms with Crippen molar-refractivity contribution >= 4 is 5.69 Å². The average molecular weight is 498 g/mol. The summed E-state index contributed by atoms with van der Waals surface area (Å²) in [6.07, 6.45) is 4.38. The number of nitrogens with one attached hydrogen (secondary N) is 2. The molecule has 0 unspecified atom stereocenters. The van der Waals surface area contributed by atoms with Crippen LogP contribution in [-0.2, 0) is 26.1 Å².